The maximum absolute atomic E-state index is 13.3. The average molecular weight is 399 g/mol. The highest BCUT2D eigenvalue weighted by Gasteiger charge is 2.31. The summed E-state index contributed by atoms with van der Waals surface area (Å²) in [6.45, 7) is 4.37. The number of pyridine rings is 1. The summed E-state index contributed by atoms with van der Waals surface area (Å²) in [5.41, 5.74) is 5.11. The molecule has 1 saturated heterocycles. The number of carbonyl (C=O) groups is 1. The fourth-order valence-electron chi connectivity index (χ4n) is 4.52. The minimum atomic E-state index is 0.0160. The SMILES string of the molecule is CC1Cc2ccccc2N1C(=O)c1ccnc(Nc2ccc(N3CCCC3)cc2)c1. The standard InChI is InChI=1S/C25H26N4O/c1-18-16-19-6-2-3-7-23(19)29(18)25(30)20-12-13-26-24(17-20)27-21-8-10-22(11-9-21)28-14-4-5-15-28/h2-3,6-13,17-18H,4-5,14-16H2,1H3,(H,26,27). The number of amides is 1. The molecule has 3 aromatic rings. The van der Waals surface area contributed by atoms with Gasteiger partial charge in [-0.3, -0.25) is 4.79 Å². The van der Waals surface area contributed by atoms with Crippen molar-refractivity contribution < 1.29 is 4.79 Å². The lowest BCUT2D eigenvalue weighted by Crippen LogP contribution is -2.35. The molecule has 0 saturated carbocycles. The van der Waals surface area contributed by atoms with E-state index in [1.165, 1.54) is 24.1 Å². The topological polar surface area (TPSA) is 48.5 Å². The van der Waals surface area contributed by atoms with Gasteiger partial charge in [0, 0.05) is 48.0 Å². The molecule has 5 nitrogen and oxygen atoms in total. The van der Waals surface area contributed by atoms with Crippen LogP contribution in [-0.4, -0.2) is 30.0 Å². The van der Waals surface area contributed by atoms with Crippen molar-refractivity contribution in [3.05, 3.63) is 78.0 Å². The van der Waals surface area contributed by atoms with Crippen LogP contribution in [0.25, 0.3) is 0 Å². The number of fused-ring (bicyclic) bond motifs is 1. The number of para-hydroxylation sites is 1. The third-order valence-electron chi connectivity index (χ3n) is 6.04. The van der Waals surface area contributed by atoms with E-state index in [2.05, 4.69) is 52.5 Å². The highest BCUT2D eigenvalue weighted by Crippen LogP contribution is 2.33. The molecule has 5 heteroatoms. The molecule has 0 aliphatic carbocycles. The first-order valence-electron chi connectivity index (χ1n) is 10.7. The monoisotopic (exact) mass is 398 g/mol. The molecule has 3 heterocycles. The molecule has 1 N–H and O–H groups in total. The van der Waals surface area contributed by atoms with Gasteiger partial charge in [-0.25, -0.2) is 4.98 Å². The quantitative estimate of drug-likeness (QED) is 0.671. The Bertz CT molecular complexity index is 1060. The van der Waals surface area contributed by atoms with Crippen LogP contribution < -0.4 is 15.1 Å². The van der Waals surface area contributed by atoms with Gasteiger partial charge in [0.25, 0.3) is 5.91 Å². The second-order valence-corrected chi connectivity index (χ2v) is 8.15. The Morgan fingerprint density at radius 2 is 1.80 bits per heavy atom. The second kappa shape index (κ2) is 7.82. The number of benzene rings is 2. The zero-order valence-corrected chi connectivity index (χ0v) is 17.2. The van der Waals surface area contributed by atoms with Gasteiger partial charge >= 0.3 is 0 Å². The normalized spacial score (nSPS) is 17.8. The van der Waals surface area contributed by atoms with Crippen molar-refractivity contribution >= 4 is 28.8 Å². The molecule has 2 aromatic carbocycles. The molecular formula is C25H26N4O. The molecule has 1 fully saturated rings. The lowest BCUT2D eigenvalue weighted by molar-refractivity contribution is 0.0981. The first kappa shape index (κ1) is 18.7. The second-order valence-electron chi connectivity index (χ2n) is 8.15. The highest BCUT2D eigenvalue weighted by molar-refractivity contribution is 6.08. The van der Waals surface area contributed by atoms with Crippen LogP contribution in [0.15, 0.2) is 66.9 Å². The predicted molar refractivity (Wildman–Crippen MR) is 122 cm³/mol. The molecule has 1 amide bonds. The molecule has 0 radical (unpaired) electrons. The summed E-state index contributed by atoms with van der Waals surface area (Å²) in [6, 6.07) is 20.4. The van der Waals surface area contributed by atoms with E-state index in [9.17, 15) is 4.79 Å². The molecule has 2 aliphatic heterocycles. The lowest BCUT2D eigenvalue weighted by atomic mass is 10.1. The fraction of sp³-hybridized carbons (Fsp3) is 0.280. The molecular weight excluding hydrogens is 372 g/mol. The minimum Gasteiger partial charge on any atom is -0.372 e. The molecule has 1 unspecified atom stereocenters. The van der Waals surface area contributed by atoms with Crippen LogP contribution in [0.3, 0.4) is 0 Å². The predicted octanol–water partition coefficient (Wildman–Crippen LogP) is 5.02. The van der Waals surface area contributed by atoms with E-state index >= 15 is 0 Å². The van der Waals surface area contributed by atoms with E-state index in [1.54, 1.807) is 12.3 Å². The number of nitrogens with zero attached hydrogens (tertiary/aromatic N) is 3. The minimum absolute atomic E-state index is 0.0160. The molecule has 0 bridgehead atoms. The molecule has 1 aromatic heterocycles. The summed E-state index contributed by atoms with van der Waals surface area (Å²) in [5, 5.41) is 3.34. The first-order chi connectivity index (χ1) is 14.7. The summed E-state index contributed by atoms with van der Waals surface area (Å²) in [5.74, 6) is 0.692. The van der Waals surface area contributed by atoms with Gasteiger partial charge in [-0.1, -0.05) is 18.2 Å². The smallest absolute Gasteiger partial charge is 0.258 e. The van der Waals surface area contributed by atoms with Gasteiger partial charge in [0.05, 0.1) is 0 Å². The number of hydrogen-bond donors (Lipinski definition) is 1. The van der Waals surface area contributed by atoms with Crippen molar-refractivity contribution in [3.63, 3.8) is 0 Å². The Morgan fingerprint density at radius 1 is 1.03 bits per heavy atom. The van der Waals surface area contributed by atoms with E-state index in [0.29, 0.717) is 11.4 Å². The third-order valence-corrected chi connectivity index (χ3v) is 6.04. The summed E-state index contributed by atoms with van der Waals surface area (Å²) < 4.78 is 0. The van der Waals surface area contributed by atoms with Crippen LogP contribution in [0.2, 0.25) is 0 Å². The highest BCUT2D eigenvalue weighted by atomic mass is 16.2. The Hall–Kier alpha value is -3.34. The van der Waals surface area contributed by atoms with E-state index in [0.717, 1.165) is 30.9 Å². The van der Waals surface area contributed by atoms with E-state index in [1.807, 2.05) is 29.2 Å². The number of hydrogen-bond acceptors (Lipinski definition) is 4. The summed E-state index contributed by atoms with van der Waals surface area (Å²) in [7, 11) is 0. The Kier molecular flexibility index (Phi) is 4.87. The maximum Gasteiger partial charge on any atom is 0.258 e. The van der Waals surface area contributed by atoms with Gasteiger partial charge in [-0.15, -0.1) is 0 Å². The molecule has 30 heavy (non-hydrogen) atoms. The van der Waals surface area contributed by atoms with E-state index in [4.69, 9.17) is 0 Å². The zero-order chi connectivity index (χ0) is 20.5. The van der Waals surface area contributed by atoms with E-state index < -0.39 is 0 Å². The molecule has 1 atom stereocenters. The van der Waals surface area contributed by atoms with Crippen LogP contribution in [0, 0.1) is 0 Å². The fourth-order valence-corrected chi connectivity index (χ4v) is 4.52. The number of aromatic nitrogens is 1. The third kappa shape index (κ3) is 3.52. The van der Waals surface area contributed by atoms with Gasteiger partial charge in [0.1, 0.15) is 5.82 Å². The summed E-state index contributed by atoms with van der Waals surface area (Å²) >= 11 is 0. The van der Waals surface area contributed by atoms with Crippen molar-refractivity contribution in [3.8, 4) is 0 Å². The van der Waals surface area contributed by atoms with Gasteiger partial charge in [-0.2, -0.15) is 0 Å². The number of carbonyl (C=O) groups excluding carboxylic acids is 1. The summed E-state index contributed by atoms with van der Waals surface area (Å²) in [6.07, 6.45) is 5.12. The summed E-state index contributed by atoms with van der Waals surface area (Å²) in [4.78, 5) is 22.0. The number of nitrogens with one attached hydrogen (secondary N) is 1. The molecule has 2 aliphatic rings. The van der Waals surface area contributed by atoms with Crippen LogP contribution in [-0.2, 0) is 6.42 Å². The van der Waals surface area contributed by atoms with Gasteiger partial charge in [0.15, 0.2) is 0 Å². The van der Waals surface area contributed by atoms with Gasteiger partial charge in [-0.05, 0) is 74.2 Å². The molecule has 152 valence electrons. The van der Waals surface area contributed by atoms with E-state index in [-0.39, 0.29) is 11.9 Å². The largest absolute Gasteiger partial charge is 0.372 e. The van der Waals surface area contributed by atoms with Crippen LogP contribution in [0.1, 0.15) is 35.7 Å². The first-order valence-corrected chi connectivity index (χ1v) is 10.7. The van der Waals surface area contributed by atoms with Crippen LogP contribution in [0.4, 0.5) is 22.9 Å². The van der Waals surface area contributed by atoms with Crippen molar-refractivity contribution in [1.29, 1.82) is 0 Å². The van der Waals surface area contributed by atoms with Crippen molar-refractivity contribution in [2.24, 2.45) is 0 Å². The zero-order valence-electron chi connectivity index (χ0n) is 17.2. The number of anilines is 4. The maximum atomic E-state index is 13.3. The Morgan fingerprint density at radius 3 is 2.60 bits per heavy atom. The van der Waals surface area contributed by atoms with Gasteiger partial charge in [0.2, 0.25) is 0 Å². The lowest BCUT2D eigenvalue weighted by Gasteiger charge is -2.23. The van der Waals surface area contributed by atoms with Crippen LogP contribution in [0.5, 0.6) is 0 Å². The Labute approximate surface area is 177 Å². The average Bonchev–Trinajstić information content (AvgIpc) is 3.41. The van der Waals surface area contributed by atoms with Crippen molar-refractivity contribution in [1.82, 2.24) is 4.98 Å². The Balaban J connectivity index is 1.34. The van der Waals surface area contributed by atoms with Gasteiger partial charge < -0.3 is 15.1 Å². The van der Waals surface area contributed by atoms with Crippen molar-refractivity contribution in [2.75, 3.05) is 28.2 Å². The molecule has 5 rings (SSSR count). The van der Waals surface area contributed by atoms with Crippen LogP contribution >= 0.6 is 0 Å². The van der Waals surface area contributed by atoms with Crippen molar-refractivity contribution in [2.45, 2.75) is 32.2 Å². The molecule has 0 spiro atoms. The number of rotatable bonds is 4.